The van der Waals surface area contributed by atoms with Gasteiger partial charge in [0.1, 0.15) is 0 Å². The third-order valence-electron chi connectivity index (χ3n) is 4.69. The van der Waals surface area contributed by atoms with E-state index < -0.39 is 5.41 Å². The second-order valence-electron chi connectivity index (χ2n) is 5.85. The van der Waals surface area contributed by atoms with E-state index in [0.717, 1.165) is 6.42 Å². The van der Waals surface area contributed by atoms with Crippen molar-refractivity contribution in [3.05, 3.63) is 0 Å². The molecule has 0 saturated carbocycles. The molecule has 0 fully saturated rings. The molecule has 0 aliphatic carbocycles. The molecule has 2 nitrogen and oxygen atoms in total. The predicted octanol–water partition coefficient (Wildman–Crippen LogP) is 3.89. The lowest BCUT2D eigenvalue weighted by atomic mass is 9.54. The van der Waals surface area contributed by atoms with Crippen molar-refractivity contribution in [1.29, 1.82) is 0 Å². The summed E-state index contributed by atoms with van der Waals surface area (Å²) in [6, 6.07) is 0. The molecule has 0 amide bonds. The van der Waals surface area contributed by atoms with Crippen LogP contribution in [0.2, 0.25) is 0 Å². The van der Waals surface area contributed by atoms with Crippen LogP contribution in [0.4, 0.5) is 0 Å². The van der Waals surface area contributed by atoms with Crippen LogP contribution in [-0.2, 0) is 9.53 Å². The van der Waals surface area contributed by atoms with Crippen LogP contribution in [0.25, 0.3) is 0 Å². The lowest BCUT2D eigenvalue weighted by Crippen LogP contribution is -2.51. The van der Waals surface area contributed by atoms with Crippen molar-refractivity contribution in [3.63, 3.8) is 0 Å². The molecule has 0 aromatic rings. The number of hydrogen-bond donors (Lipinski definition) is 0. The standard InChI is InChI=1S/C14H28O2/c1-9-14(11(4)5,12(15)16-8)13(6,7)10(2)3/h10-11H,9H2,1-8H3. The van der Waals surface area contributed by atoms with Gasteiger partial charge >= 0.3 is 5.97 Å². The van der Waals surface area contributed by atoms with E-state index in [-0.39, 0.29) is 17.3 Å². The van der Waals surface area contributed by atoms with Crippen molar-refractivity contribution >= 4 is 5.97 Å². The van der Waals surface area contributed by atoms with Crippen LogP contribution in [-0.4, -0.2) is 13.1 Å². The van der Waals surface area contributed by atoms with Crippen LogP contribution in [0.1, 0.15) is 54.9 Å². The van der Waals surface area contributed by atoms with Crippen molar-refractivity contribution in [1.82, 2.24) is 0 Å². The first kappa shape index (κ1) is 15.5. The smallest absolute Gasteiger partial charge is 0.312 e. The van der Waals surface area contributed by atoms with Crippen molar-refractivity contribution < 1.29 is 9.53 Å². The Kier molecular flexibility index (Phi) is 5.03. The molecule has 1 atom stereocenters. The average Bonchev–Trinajstić information content (AvgIpc) is 2.17. The second kappa shape index (κ2) is 5.20. The molecule has 0 N–H and O–H groups in total. The molecule has 0 aliphatic rings. The molecular weight excluding hydrogens is 200 g/mol. The topological polar surface area (TPSA) is 26.3 Å². The quantitative estimate of drug-likeness (QED) is 0.667. The Hall–Kier alpha value is -0.530. The fourth-order valence-electron chi connectivity index (χ4n) is 2.95. The predicted molar refractivity (Wildman–Crippen MR) is 68.2 cm³/mol. The van der Waals surface area contributed by atoms with Gasteiger partial charge in [-0.1, -0.05) is 48.5 Å². The van der Waals surface area contributed by atoms with E-state index in [1.54, 1.807) is 0 Å². The Balaban J connectivity index is 5.63. The van der Waals surface area contributed by atoms with Gasteiger partial charge in [0.2, 0.25) is 0 Å². The van der Waals surface area contributed by atoms with E-state index >= 15 is 0 Å². The minimum absolute atomic E-state index is 0.0660. The van der Waals surface area contributed by atoms with Crippen LogP contribution in [0, 0.1) is 22.7 Å². The first-order chi connectivity index (χ1) is 7.18. The first-order valence-corrected chi connectivity index (χ1v) is 6.26. The molecule has 16 heavy (non-hydrogen) atoms. The van der Waals surface area contributed by atoms with E-state index in [0.29, 0.717) is 5.92 Å². The molecular formula is C14H28O2. The van der Waals surface area contributed by atoms with Crippen molar-refractivity contribution in [2.45, 2.75) is 54.9 Å². The molecule has 0 saturated heterocycles. The van der Waals surface area contributed by atoms with Gasteiger partial charge in [-0.05, 0) is 23.7 Å². The number of methoxy groups -OCH3 is 1. The maximum absolute atomic E-state index is 12.2. The van der Waals surface area contributed by atoms with Gasteiger partial charge in [-0.2, -0.15) is 0 Å². The lowest BCUT2D eigenvalue weighted by Gasteiger charge is -2.49. The fourth-order valence-corrected chi connectivity index (χ4v) is 2.95. The van der Waals surface area contributed by atoms with Crippen LogP contribution in [0.15, 0.2) is 0 Å². The number of carbonyl (C=O) groups excluding carboxylic acids is 1. The molecule has 0 rings (SSSR count). The monoisotopic (exact) mass is 228 g/mol. The molecule has 1 unspecified atom stereocenters. The van der Waals surface area contributed by atoms with E-state index in [9.17, 15) is 4.79 Å². The van der Waals surface area contributed by atoms with Gasteiger partial charge in [0, 0.05) is 0 Å². The third-order valence-corrected chi connectivity index (χ3v) is 4.69. The van der Waals surface area contributed by atoms with E-state index in [2.05, 4.69) is 48.5 Å². The van der Waals surface area contributed by atoms with Crippen molar-refractivity contribution in [3.8, 4) is 0 Å². The summed E-state index contributed by atoms with van der Waals surface area (Å²) in [6.07, 6.45) is 0.822. The Labute approximate surface area is 101 Å². The average molecular weight is 228 g/mol. The van der Waals surface area contributed by atoms with E-state index in [4.69, 9.17) is 4.74 Å². The van der Waals surface area contributed by atoms with Crippen LogP contribution < -0.4 is 0 Å². The maximum atomic E-state index is 12.2. The molecule has 0 aliphatic heterocycles. The Morgan fingerprint density at radius 2 is 1.56 bits per heavy atom. The molecule has 0 bridgehead atoms. The summed E-state index contributed by atoms with van der Waals surface area (Å²) in [6.45, 7) is 15.0. The fraction of sp³-hybridized carbons (Fsp3) is 0.929. The SMILES string of the molecule is CCC(C(=O)OC)(C(C)C)C(C)(C)C(C)C. The van der Waals surface area contributed by atoms with Crippen LogP contribution in [0.3, 0.4) is 0 Å². The number of hydrogen-bond acceptors (Lipinski definition) is 2. The highest BCUT2D eigenvalue weighted by atomic mass is 16.5. The minimum Gasteiger partial charge on any atom is -0.469 e. The highest BCUT2D eigenvalue weighted by Gasteiger charge is 2.53. The lowest BCUT2D eigenvalue weighted by molar-refractivity contribution is -0.170. The molecule has 96 valence electrons. The summed E-state index contributed by atoms with van der Waals surface area (Å²) >= 11 is 0. The van der Waals surface area contributed by atoms with Gasteiger partial charge in [0.25, 0.3) is 0 Å². The highest BCUT2D eigenvalue weighted by Crippen LogP contribution is 2.52. The molecule has 0 aromatic heterocycles. The number of ether oxygens (including phenoxy) is 1. The summed E-state index contributed by atoms with van der Waals surface area (Å²) in [5.74, 6) is 0.653. The minimum atomic E-state index is -0.393. The zero-order valence-electron chi connectivity index (χ0n) is 12.2. The maximum Gasteiger partial charge on any atom is 0.312 e. The van der Waals surface area contributed by atoms with Gasteiger partial charge in [-0.3, -0.25) is 4.79 Å². The van der Waals surface area contributed by atoms with Gasteiger partial charge in [0.15, 0.2) is 0 Å². The molecule has 0 radical (unpaired) electrons. The van der Waals surface area contributed by atoms with Crippen LogP contribution in [0.5, 0.6) is 0 Å². The van der Waals surface area contributed by atoms with Crippen molar-refractivity contribution in [2.75, 3.05) is 7.11 Å². The normalized spacial score (nSPS) is 16.4. The number of carbonyl (C=O) groups is 1. The van der Waals surface area contributed by atoms with E-state index in [1.165, 1.54) is 7.11 Å². The first-order valence-electron chi connectivity index (χ1n) is 6.26. The van der Waals surface area contributed by atoms with Gasteiger partial charge in [0.05, 0.1) is 12.5 Å². The largest absolute Gasteiger partial charge is 0.469 e. The summed E-state index contributed by atoms with van der Waals surface area (Å²) in [4.78, 5) is 12.2. The van der Waals surface area contributed by atoms with E-state index in [1.807, 2.05) is 0 Å². The van der Waals surface area contributed by atoms with Gasteiger partial charge in [-0.25, -0.2) is 0 Å². The third kappa shape index (κ3) is 2.11. The number of esters is 1. The summed E-state index contributed by atoms with van der Waals surface area (Å²) in [5, 5.41) is 0. The van der Waals surface area contributed by atoms with Gasteiger partial charge < -0.3 is 4.74 Å². The van der Waals surface area contributed by atoms with Gasteiger partial charge in [-0.15, -0.1) is 0 Å². The molecule has 0 aromatic carbocycles. The zero-order valence-corrected chi connectivity index (χ0v) is 12.2. The highest BCUT2D eigenvalue weighted by molar-refractivity contribution is 5.78. The second-order valence-corrected chi connectivity index (χ2v) is 5.85. The van der Waals surface area contributed by atoms with Crippen LogP contribution >= 0.6 is 0 Å². The summed E-state index contributed by atoms with van der Waals surface area (Å²) < 4.78 is 5.07. The molecule has 2 heteroatoms. The van der Waals surface area contributed by atoms with Crippen molar-refractivity contribution in [2.24, 2.45) is 22.7 Å². The molecule has 0 heterocycles. The number of rotatable bonds is 5. The zero-order chi connectivity index (χ0) is 13.1. The molecule has 0 spiro atoms. The Bertz CT molecular complexity index is 241. The Morgan fingerprint density at radius 3 is 1.75 bits per heavy atom. The Morgan fingerprint density at radius 1 is 1.12 bits per heavy atom. The summed E-state index contributed by atoms with van der Waals surface area (Å²) in [7, 11) is 1.49. The summed E-state index contributed by atoms with van der Waals surface area (Å²) in [5.41, 5.74) is -0.459.